The molecule has 10 heteroatoms. The SMILES string of the molecule is CC(C)C(N)C(=O)NC(C(=O)NC(Cc1c[nH]c2ccccc12)C(=O)NC(Cc1ccccc1)C(=O)O)C(C)C. The van der Waals surface area contributed by atoms with Crippen molar-refractivity contribution in [1.82, 2.24) is 20.9 Å². The van der Waals surface area contributed by atoms with E-state index in [2.05, 4.69) is 20.9 Å². The first kappa shape index (κ1) is 30.4. The summed E-state index contributed by atoms with van der Waals surface area (Å²) in [7, 11) is 0. The minimum absolute atomic E-state index is 0.0768. The first-order valence-corrected chi connectivity index (χ1v) is 13.5. The smallest absolute Gasteiger partial charge is 0.326 e. The highest BCUT2D eigenvalue weighted by atomic mass is 16.4. The average molecular weight is 550 g/mol. The van der Waals surface area contributed by atoms with Crippen LogP contribution >= 0.6 is 0 Å². The molecule has 3 amide bonds. The van der Waals surface area contributed by atoms with Gasteiger partial charge in [0.15, 0.2) is 0 Å². The number of carbonyl (C=O) groups excluding carboxylic acids is 3. The van der Waals surface area contributed by atoms with Crippen molar-refractivity contribution in [1.29, 1.82) is 0 Å². The predicted octanol–water partition coefficient (Wildman–Crippen LogP) is 2.13. The Morgan fingerprint density at radius 3 is 2.02 bits per heavy atom. The van der Waals surface area contributed by atoms with E-state index in [1.165, 1.54) is 0 Å². The zero-order chi connectivity index (χ0) is 29.4. The van der Waals surface area contributed by atoms with E-state index in [4.69, 9.17) is 5.73 Å². The lowest BCUT2D eigenvalue weighted by atomic mass is 9.98. The van der Waals surface area contributed by atoms with Gasteiger partial charge in [-0.2, -0.15) is 0 Å². The maximum atomic E-state index is 13.6. The van der Waals surface area contributed by atoms with Crippen LogP contribution in [0.4, 0.5) is 0 Å². The molecule has 0 fully saturated rings. The maximum absolute atomic E-state index is 13.6. The molecule has 1 heterocycles. The number of hydrogen-bond acceptors (Lipinski definition) is 5. The standard InChI is InChI=1S/C30H39N5O5/c1-17(2)25(31)28(37)35-26(18(3)4)29(38)33-23(15-20-16-32-22-13-9-8-12-21(20)22)27(36)34-24(30(39)40)14-19-10-6-5-7-11-19/h5-13,16-18,23-26,32H,14-15,31H2,1-4H3,(H,33,38)(H,34,36)(H,35,37)(H,39,40). The van der Waals surface area contributed by atoms with E-state index < -0.39 is 47.9 Å². The molecule has 0 saturated heterocycles. The van der Waals surface area contributed by atoms with E-state index in [0.717, 1.165) is 22.0 Å². The average Bonchev–Trinajstić information content (AvgIpc) is 3.33. The van der Waals surface area contributed by atoms with Gasteiger partial charge >= 0.3 is 5.97 Å². The van der Waals surface area contributed by atoms with Crippen LogP contribution in [0, 0.1) is 11.8 Å². The quantitative estimate of drug-likeness (QED) is 0.191. The fourth-order valence-corrected chi connectivity index (χ4v) is 4.40. The summed E-state index contributed by atoms with van der Waals surface area (Å²) in [5.74, 6) is -3.29. The van der Waals surface area contributed by atoms with Gasteiger partial charge < -0.3 is 31.8 Å². The van der Waals surface area contributed by atoms with E-state index >= 15 is 0 Å². The Hall–Kier alpha value is -4.18. The molecule has 3 aromatic rings. The first-order chi connectivity index (χ1) is 19.0. The van der Waals surface area contributed by atoms with Crippen LogP contribution in [0.5, 0.6) is 0 Å². The van der Waals surface area contributed by atoms with Crippen LogP contribution in [0.2, 0.25) is 0 Å². The highest BCUT2D eigenvalue weighted by molar-refractivity contribution is 5.95. The van der Waals surface area contributed by atoms with Crippen molar-refractivity contribution < 1.29 is 24.3 Å². The van der Waals surface area contributed by atoms with E-state index in [9.17, 15) is 24.3 Å². The largest absolute Gasteiger partial charge is 0.480 e. The van der Waals surface area contributed by atoms with Gasteiger partial charge in [0.1, 0.15) is 18.1 Å². The summed E-state index contributed by atoms with van der Waals surface area (Å²) in [5, 5.41) is 18.8. The Bertz CT molecular complexity index is 1320. The van der Waals surface area contributed by atoms with Gasteiger partial charge in [0.25, 0.3) is 0 Å². The number of benzene rings is 2. The van der Waals surface area contributed by atoms with Gasteiger partial charge in [-0.15, -0.1) is 0 Å². The third kappa shape index (κ3) is 7.92. The number of H-pyrrole nitrogens is 1. The first-order valence-electron chi connectivity index (χ1n) is 13.5. The van der Waals surface area contributed by atoms with E-state index in [1.807, 2.05) is 44.2 Å². The minimum Gasteiger partial charge on any atom is -0.480 e. The summed E-state index contributed by atoms with van der Waals surface area (Å²) < 4.78 is 0. The van der Waals surface area contributed by atoms with Crippen molar-refractivity contribution in [2.45, 2.75) is 64.7 Å². The summed E-state index contributed by atoms with van der Waals surface area (Å²) in [6.45, 7) is 7.18. The minimum atomic E-state index is -1.21. The molecule has 3 rings (SSSR count). The molecule has 0 bridgehead atoms. The number of nitrogens with two attached hydrogens (primary N) is 1. The molecule has 2 aromatic carbocycles. The van der Waals surface area contributed by atoms with Gasteiger partial charge in [0, 0.05) is 29.9 Å². The van der Waals surface area contributed by atoms with E-state index in [-0.39, 0.29) is 24.7 Å². The second kappa shape index (κ2) is 13.7. The molecular formula is C30H39N5O5. The van der Waals surface area contributed by atoms with Gasteiger partial charge in [-0.3, -0.25) is 14.4 Å². The summed E-state index contributed by atoms with van der Waals surface area (Å²) >= 11 is 0. The van der Waals surface area contributed by atoms with Crippen LogP contribution < -0.4 is 21.7 Å². The molecule has 0 saturated carbocycles. The van der Waals surface area contributed by atoms with Crippen LogP contribution in [-0.2, 0) is 32.0 Å². The Labute approximate surface area is 234 Å². The Morgan fingerprint density at radius 1 is 0.775 bits per heavy atom. The number of carboxylic acid groups (broad SMARTS) is 1. The van der Waals surface area contributed by atoms with Gasteiger partial charge in [0.05, 0.1) is 6.04 Å². The number of aliphatic carboxylic acids is 1. The second-order valence-corrected chi connectivity index (χ2v) is 10.7. The van der Waals surface area contributed by atoms with Crippen LogP contribution in [-0.4, -0.2) is 57.9 Å². The molecular weight excluding hydrogens is 510 g/mol. The number of aromatic nitrogens is 1. The number of aromatic amines is 1. The molecule has 0 aliphatic heterocycles. The topological polar surface area (TPSA) is 166 Å². The number of hydrogen-bond donors (Lipinski definition) is 6. The fraction of sp³-hybridized carbons (Fsp3) is 0.400. The van der Waals surface area contributed by atoms with Crippen molar-refractivity contribution in [2.75, 3.05) is 0 Å². The molecule has 40 heavy (non-hydrogen) atoms. The van der Waals surface area contributed by atoms with Crippen molar-refractivity contribution >= 4 is 34.6 Å². The number of nitrogens with one attached hydrogen (secondary N) is 4. The molecule has 0 spiro atoms. The second-order valence-electron chi connectivity index (χ2n) is 10.7. The Kier molecular flexibility index (Phi) is 10.4. The number of fused-ring (bicyclic) bond motifs is 1. The zero-order valence-corrected chi connectivity index (χ0v) is 23.3. The molecule has 0 aliphatic carbocycles. The molecule has 214 valence electrons. The molecule has 10 nitrogen and oxygen atoms in total. The predicted molar refractivity (Wildman–Crippen MR) is 153 cm³/mol. The van der Waals surface area contributed by atoms with E-state index in [1.54, 1.807) is 44.3 Å². The Balaban J connectivity index is 1.86. The highest BCUT2D eigenvalue weighted by Gasteiger charge is 2.32. The maximum Gasteiger partial charge on any atom is 0.326 e. The van der Waals surface area contributed by atoms with Crippen LogP contribution in [0.3, 0.4) is 0 Å². The lowest BCUT2D eigenvalue weighted by molar-refractivity contribution is -0.142. The summed E-state index contributed by atoms with van der Waals surface area (Å²) in [6.07, 6.45) is 1.94. The highest BCUT2D eigenvalue weighted by Crippen LogP contribution is 2.19. The van der Waals surface area contributed by atoms with Crippen molar-refractivity contribution in [3.8, 4) is 0 Å². The normalized spacial score (nSPS) is 14.4. The molecule has 7 N–H and O–H groups in total. The van der Waals surface area contributed by atoms with Crippen molar-refractivity contribution in [3.63, 3.8) is 0 Å². The number of carbonyl (C=O) groups is 4. The summed E-state index contributed by atoms with van der Waals surface area (Å²) in [6, 6.07) is 12.5. The lowest BCUT2D eigenvalue weighted by Crippen LogP contribution is -2.59. The number of amides is 3. The van der Waals surface area contributed by atoms with Gasteiger partial charge in [-0.05, 0) is 29.0 Å². The van der Waals surface area contributed by atoms with Crippen LogP contribution in [0.15, 0.2) is 60.8 Å². The molecule has 4 atom stereocenters. The number of para-hydroxylation sites is 1. The van der Waals surface area contributed by atoms with Gasteiger partial charge in [0.2, 0.25) is 17.7 Å². The number of carboxylic acids is 1. The van der Waals surface area contributed by atoms with Gasteiger partial charge in [-0.1, -0.05) is 76.2 Å². The summed E-state index contributed by atoms with van der Waals surface area (Å²) in [5.41, 5.74) is 8.37. The van der Waals surface area contributed by atoms with E-state index in [0.29, 0.717) is 0 Å². The fourth-order valence-electron chi connectivity index (χ4n) is 4.40. The van der Waals surface area contributed by atoms with Crippen molar-refractivity contribution in [2.24, 2.45) is 17.6 Å². The van der Waals surface area contributed by atoms with Gasteiger partial charge in [-0.25, -0.2) is 4.79 Å². The van der Waals surface area contributed by atoms with Crippen LogP contribution in [0.1, 0.15) is 38.8 Å². The lowest BCUT2D eigenvalue weighted by Gasteiger charge is -2.27. The number of rotatable bonds is 13. The third-order valence-electron chi connectivity index (χ3n) is 6.90. The third-order valence-corrected chi connectivity index (χ3v) is 6.90. The molecule has 0 radical (unpaired) electrons. The molecule has 0 aliphatic rings. The monoisotopic (exact) mass is 549 g/mol. The van der Waals surface area contributed by atoms with Crippen LogP contribution in [0.25, 0.3) is 10.9 Å². The Morgan fingerprint density at radius 2 is 1.40 bits per heavy atom. The zero-order valence-electron chi connectivity index (χ0n) is 23.3. The molecule has 1 aromatic heterocycles. The molecule has 4 unspecified atom stereocenters. The van der Waals surface area contributed by atoms with Crippen molar-refractivity contribution in [3.05, 3.63) is 71.9 Å². The summed E-state index contributed by atoms with van der Waals surface area (Å²) in [4.78, 5) is 54.9.